The Bertz CT molecular complexity index is 98.3. The Morgan fingerprint density at radius 3 is 1.75 bits per heavy atom. The molecule has 0 heterocycles. The van der Waals surface area contributed by atoms with E-state index < -0.39 is 7.38 Å². The summed E-state index contributed by atoms with van der Waals surface area (Å²) < 4.78 is 0.275. The van der Waals surface area contributed by atoms with Crippen molar-refractivity contribution in [2.75, 3.05) is 0 Å². The average molecular weight is 190 g/mol. The van der Waals surface area contributed by atoms with Gasteiger partial charge >= 0.3 is 0 Å². The van der Waals surface area contributed by atoms with E-state index in [1.807, 2.05) is 13.1 Å². The van der Waals surface area contributed by atoms with Crippen molar-refractivity contribution in [3.63, 3.8) is 0 Å². The molecule has 0 bridgehead atoms. The van der Waals surface area contributed by atoms with Crippen LogP contribution >= 0.6 is 34.3 Å². The van der Waals surface area contributed by atoms with E-state index >= 15 is 0 Å². The van der Waals surface area contributed by atoms with Crippen LogP contribution in [0, 0.1) is 0 Å². The highest BCUT2D eigenvalue weighted by molar-refractivity contribution is 7.22. The molecule has 0 radical (unpaired) electrons. The molecule has 0 nitrogen and oxygen atoms in total. The number of hydrogen-bond donors (Lipinski definition) is 0. The molecule has 0 fully saturated rings. The van der Waals surface area contributed by atoms with Gasteiger partial charge in [0.1, 0.15) is 0 Å². The van der Waals surface area contributed by atoms with E-state index in [4.69, 9.17) is 34.3 Å². The summed E-state index contributed by atoms with van der Waals surface area (Å²) in [5.41, 5.74) is 1.71. The topological polar surface area (TPSA) is 0 Å². The lowest BCUT2D eigenvalue weighted by Crippen LogP contribution is -2.11. The molecule has 0 aliphatic rings. The summed E-state index contributed by atoms with van der Waals surface area (Å²) in [6, 6.07) is 0. The molecule has 0 unspecified atom stereocenters. The normalized spacial score (nSPS) is 11.1. The van der Waals surface area contributed by atoms with Crippen molar-refractivity contribution in [3.8, 4) is 0 Å². The molecule has 0 rings (SSSR count). The van der Waals surface area contributed by atoms with Crippen LogP contribution in [0.4, 0.5) is 0 Å². The highest BCUT2D eigenvalue weighted by Gasteiger charge is 2.12. The quantitative estimate of drug-likeness (QED) is 0.439. The molecular weight excluding hydrogens is 182 g/mol. The van der Waals surface area contributed by atoms with Gasteiger partial charge in [0.25, 0.3) is 0 Å². The van der Waals surface area contributed by atoms with Crippen molar-refractivity contribution in [2.45, 2.75) is 13.1 Å². The molecule has 0 aromatic heterocycles. The van der Waals surface area contributed by atoms with Gasteiger partial charge in [-0.25, -0.2) is 0 Å². The lowest BCUT2D eigenvalue weighted by Gasteiger charge is -2.03. The van der Waals surface area contributed by atoms with Crippen molar-refractivity contribution in [3.05, 3.63) is 10.2 Å². The molecule has 4 heteroatoms. The highest BCUT2D eigenvalue weighted by Crippen LogP contribution is 2.16. The smallest absolute Gasteiger partial charge is 0.162 e. The molecule has 0 N–H and O–H groups in total. The van der Waals surface area contributed by atoms with Crippen molar-refractivity contribution < 1.29 is 0 Å². The van der Waals surface area contributed by atoms with Crippen molar-refractivity contribution in [2.24, 2.45) is 0 Å². The van der Waals surface area contributed by atoms with Gasteiger partial charge in [-0.3, -0.25) is 0 Å². The molecule has 0 spiro atoms. The number of rotatable bonds is 1. The first-order chi connectivity index (χ1) is 3.42. The molecule has 0 amide bonds. The maximum absolute atomic E-state index is 5.82. The maximum atomic E-state index is 5.82. The zero-order valence-electron chi connectivity index (χ0n) is 4.71. The molecule has 0 saturated carbocycles. The second kappa shape index (κ2) is 3.11. The Labute approximate surface area is 65.1 Å². The van der Waals surface area contributed by atoms with Gasteiger partial charge in [-0.1, -0.05) is 36.3 Å². The molecule has 0 saturated heterocycles. The van der Waals surface area contributed by atoms with E-state index in [0.717, 1.165) is 0 Å². The molecule has 48 valence electrons. The van der Waals surface area contributed by atoms with Gasteiger partial charge in [-0.2, -0.15) is 11.1 Å². The van der Waals surface area contributed by atoms with Gasteiger partial charge in [0.2, 0.25) is 0 Å². The van der Waals surface area contributed by atoms with E-state index in [9.17, 15) is 0 Å². The van der Waals surface area contributed by atoms with E-state index in [-0.39, 0.29) is 4.49 Å². The Balaban J connectivity index is 3.89. The Kier molecular flexibility index (Phi) is 3.43. The van der Waals surface area contributed by atoms with Gasteiger partial charge in [0.05, 0.1) is 4.49 Å². The largest absolute Gasteiger partial charge is 0.176 e. The fourth-order valence-corrected chi connectivity index (χ4v) is 3.08. The summed E-state index contributed by atoms with van der Waals surface area (Å²) in [4.78, 5) is 0. The molecule has 0 aliphatic carbocycles. The lowest BCUT2D eigenvalue weighted by atomic mass is 11.2. The summed E-state index contributed by atoms with van der Waals surface area (Å²) in [5.74, 6) is 0. The van der Waals surface area contributed by atoms with Gasteiger partial charge in [-0.05, 0) is 5.70 Å². The minimum atomic E-state index is -1.67. The van der Waals surface area contributed by atoms with Crippen LogP contribution in [0.1, 0.15) is 0 Å². The third-order valence-electron chi connectivity index (χ3n) is 0.452. The van der Waals surface area contributed by atoms with Crippen LogP contribution in [0.25, 0.3) is 0 Å². The van der Waals surface area contributed by atoms with Crippen LogP contribution in [-0.2, 0) is 0 Å². The number of hydrogen-bond acceptors (Lipinski definition) is 0. The van der Waals surface area contributed by atoms with Crippen molar-refractivity contribution >= 4 is 41.7 Å². The Hall–Kier alpha value is 0.827. The molecule has 0 atom stereocenters. The molecular formula is C4H7Cl3Si. The number of halogens is 3. The third kappa shape index (κ3) is 6.83. The molecule has 0 aromatic rings. The van der Waals surface area contributed by atoms with Gasteiger partial charge in [0, 0.05) is 0 Å². The fourth-order valence-electron chi connectivity index (χ4n) is 0.259. The second-order valence-electron chi connectivity index (χ2n) is 2.00. The molecule has 0 aliphatic heterocycles. The molecule has 8 heavy (non-hydrogen) atoms. The summed E-state index contributed by atoms with van der Waals surface area (Å²) in [6.07, 6.45) is 0. The van der Waals surface area contributed by atoms with Gasteiger partial charge in [-0.15, -0.1) is 0 Å². The minimum absolute atomic E-state index is 0.275. The van der Waals surface area contributed by atoms with Gasteiger partial charge in [0.15, 0.2) is 7.38 Å². The Morgan fingerprint density at radius 2 is 1.75 bits per heavy atom. The first-order valence-electron chi connectivity index (χ1n) is 2.14. The van der Waals surface area contributed by atoms with Crippen molar-refractivity contribution in [1.82, 2.24) is 0 Å². The maximum Gasteiger partial charge on any atom is 0.176 e. The van der Waals surface area contributed by atoms with Crippen LogP contribution in [0.5, 0.6) is 0 Å². The van der Waals surface area contributed by atoms with Gasteiger partial charge < -0.3 is 0 Å². The summed E-state index contributed by atoms with van der Waals surface area (Å²) >= 11 is 16.5. The zero-order chi connectivity index (χ0) is 6.78. The monoisotopic (exact) mass is 188 g/mol. The van der Waals surface area contributed by atoms with Crippen LogP contribution in [0.15, 0.2) is 10.2 Å². The standard InChI is InChI=1S/C4H7Cl3Si/c1-8(2,7)3-4(5)6/h3H,1-2H3. The van der Waals surface area contributed by atoms with Crippen LogP contribution in [0.3, 0.4) is 0 Å². The third-order valence-corrected chi connectivity index (χ3v) is 2.34. The zero-order valence-corrected chi connectivity index (χ0v) is 7.98. The first kappa shape index (κ1) is 8.83. The summed E-state index contributed by atoms with van der Waals surface area (Å²) in [5, 5.41) is 0. The SMILES string of the molecule is C[Si](C)(Cl)C=C(Cl)Cl. The van der Waals surface area contributed by atoms with Crippen molar-refractivity contribution in [1.29, 1.82) is 0 Å². The fraction of sp³-hybridized carbons (Fsp3) is 0.500. The van der Waals surface area contributed by atoms with E-state index in [0.29, 0.717) is 0 Å². The summed E-state index contributed by atoms with van der Waals surface area (Å²) in [7, 11) is -1.67. The van der Waals surface area contributed by atoms with Crippen LogP contribution in [-0.4, -0.2) is 7.38 Å². The van der Waals surface area contributed by atoms with E-state index in [1.165, 1.54) is 0 Å². The summed E-state index contributed by atoms with van der Waals surface area (Å²) in [6.45, 7) is 3.89. The average Bonchev–Trinajstić information content (AvgIpc) is 1.21. The van der Waals surface area contributed by atoms with E-state index in [1.54, 1.807) is 5.70 Å². The lowest BCUT2D eigenvalue weighted by molar-refractivity contribution is 1.94. The minimum Gasteiger partial charge on any atom is -0.162 e. The highest BCUT2D eigenvalue weighted by atomic mass is 35.6. The van der Waals surface area contributed by atoms with Crippen LogP contribution < -0.4 is 0 Å². The van der Waals surface area contributed by atoms with Crippen LogP contribution in [0.2, 0.25) is 13.1 Å². The Morgan fingerprint density at radius 1 is 1.38 bits per heavy atom. The predicted molar refractivity (Wildman–Crippen MR) is 43.1 cm³/mol. The first-order valence-corrected chi connectivity index (χ1v) is 6.99. The predicted octanol–water partition coefficient (Wildman–Crippen LogP) is 3.29. The second-order valence-corrected chi connectivity index (χ2v) is 9.35. The molecule has 0 aromatic carbocycles. The van der Waals surface area contributed by atoms with E-state index in [2.05, 4.69) is 0 Å².